The number of halogens is 3. The van der Waals surface area contributed by atoms with Crippen LogP contribution in [0.25, 0.3) is 16.8 Å². The monoisotopic (exact) mass is 598 g/mol. The summed E-state index contributed by atoms with van der Waals surface area (Å²) >= 11 is 14.3. The Morgan fingerprint density at radius 2 is 1.79 bits per heavy atom. The van der Waals surface area contributed by atoms with Gasteiger partial charge in [-0.25, -0.2) is 0 Å². The van der Waals surface area contributed by atoms with Gasteiger partial charge >= 0.3 is 0 Å². The molecule has 0 aliphatic heterocycles. The largest absolute Gasteiger partial charge is 0.488 e. The highest BCUT2D eigenvalue weighted by atomic mass is 127. The van der Waals surface area contributed by atoms with Gasteiger partial charge in [-0.05, 0) is 74.8 Å². The number of hydrogen-bond acceptors (Lipinski definition) is 3. The molecule has 0 unspecified atom stereocenters. The van der Waals surface area contributed by atoms with Crippen molar-refractivity contribution in [3.05, 3.63) is 109 Å². The van der Waals surface area contributed by atoms with Crippen LogP contribution in [0.5, 0.6) is 5.75 Å². The summed E-state index contributed by atoms with van der Waals surface area (Å²) in [6, 6.07) is 26.7. The Balaban J connectivity index is 1.49. The van der Waals surface area contributed by atoms with Gasteiger partial charge in [0.05, 0.1) is 19.3 Å². The lowest BCUT2D eigenvalue weighted by atomic mass is 10.1. The predicted molar refractivity (Wildman–Crippen MR) is 146 cm³/mol. The van der Waals surface area contributed by atoms with Crippen LogP contribution in [0, 0.1) is 14.9 Å². The maximum atomic E-state index is 12.6. The Hall–Kier alpha value is -3.05. The fourth-order valence-electron chi connectivity index (χ4n) is 3.40. The van der Waals surface area contributed by atoms with Crippen LogP contribution in [0.2, 0.25) is 10.0 Å². The van der Waals surface area contributed by atoms with E-state index in [0.717, 1.165) is 20.3 Å². The molecule has 0 atom stereocenters. The third kappa shape index (κ3) is 5.53. The number of nitrogens with zero attached hydrogens (tertiary/aromatic N) is 1. The number of amides is 1. The number of carbonyl (C=O) groups is 1. The summed E-state index contributed by atoms with van der Waals surface area (Å²) in [6.07, 6.45) is 1.52. The van der Waals surface area contributed by atoms with E-state index in [2.05, 4.69) is 52.2 Å². The van der Waals surface area contributed by atoms with E-state index in [1.165, 1.54) is 11.5 Å². The Morgan fingerprint density at radius 1 is 1.03 bits per heavy atom. The lowest BCUT2D eigenvalue weighted by Gasteiger charge is -2.11. The molecule has 4 aromatic rings. The van der Waals surface area contributed by atoms with Crippen molar-refractivity contribution in [2.75, 3.05) is 5.32 Å². The minimum Gasteiger partial charge on any atom is -0.488 e. The van der Waals surface area contributed by atoms with Gasteiger partial charge in [0, 0.05) is 0 Å². The van der Waals surface area contributed by atoms with Gasteiger partial charge in [-0.2, -0.15) is 5.26 Å². The maximum absolute atomic E-state index is 12.6. The fourth-order valence-corrected chi connectivity index (χ4v) is 4.45. The average molecular weight is 599 g/mol. The quantitative estimate of drug-likeness (QED) is 0.139. The molecule has 1 N–H and O–H groups in total. The summed E-state index contributed by atoms with van der Waals surface area (Å²) in [6.45, 7) is 0.429. The third-order valence-electron chi connectivity index (χ3n) is 5.09. The van der Waals surface area contributed by atoms with E-state index in [9.17, 15) is 10.1 Å². The molecule has 4 rings (SSSR count). The maximum Gasteiger partial charge on any atom is 0.266 e. The highest BCUT2D eigenvalue weighted by Gasteiger charge is 2.13. The van der Waals surface area contributed by atoms with Gasteiger partial charge in [-0.1, -0.05) is 77.8 Å². The van der Waals surface area contributed by atoms with Crippen LogP contribution in [0.4, 0.5) is 5.69 Å². The number of rotatable bonds is 6. The van der Waals surface area contributed by atoms with Crippen molar-refractivity contribution in [3.63, 3.8) is 0 Å². The zero-order valence-corrected chi connectivity index (χ0v) is 21.4. The van der Waals surface area contributed by atoms with Crippen LogP contribution in [-0.2, 0) is 11.4 Å². The molecule has 7 heteroatoms. The molecule has 0 spiro atoms. The molecule has 0 fully saturated rings. The molecule has 0 radical (unpaired) electrons. The second-order valence-electron chi connectivity index (χ2n) is 7.34. The van der Waals surface area contributed by atoms with Gasteiger partial charge in [-0.15, -0.1) is 0 Å². The Morgan fingerprint density at radius 3 is 2.59 bits per heavy atom. The van der Waals surface area contributed by atoms with Gasteiger partial charge in [-0.3, -0.25) is 4.79 Å². The summed E-state index contributed by atoms with van der Waals surface area (Å²) in [5, 5.41) is 15.0. The second kappa shape index (κ2) is 10.9. The van der Waals surface area contributed by atoms with Crippen LogP contribution in [0.1, 0.15) is 11.1 Å². The summed E-state index contributed by atoms with van der Waals surface area (Å²) in [4.78, 5) is 12.6. The van der Waals surface area contributed by atoms with E-state index in [4.69, 9.17) is 27.9 Å². The third-order valence-corrected chi connectivity index (χ3v) is 6.76. The number of nitriles is 1. The van der Waals surface area contributed by atoms with Gasteiger partial charge in [0.1, 0.15) is 24.0 Å². The van der Waals surface area contributed by atoms with Crippen molar-refractivity contribution in [3.8, 4) is 11.8 Å². The lowest BCUT2D eigenvalue weighted by Crippen LogP contribution is -2.13. The van der Waals surface area contributed by atoms with E-state index in [1.807, 2.05) is 36.4 Å². The molecular weight excluding hydrogens is 582 g/mol. The molecule has 0 aliphatic rings. The molecule has 168 valence electrons. The highest BCUT2D eigenvalue weighted by molar-refractivity contribution is 14.1. The molecule has 0 aromatic heterocycles. The van der Waals surface area contributed by atoms with Crippen LogP contribution in [0.15, 0.2) is 84.4 Å². The smallest absolute Gasteiger partial charge is 0.266 e. The van der Waals surface area contributed by atoms with Gasteiger partial charge in [0.2, 0.25) is 0 Å². The van der Waals surface area contributed by atoms with Crippen LogP contribution >= 0.6 is 45.8 Å². The summed E-state index contributed by atoms with van der Waals surface area (Å²) in [5.41, 5.74) is 2.08. The van der Waals surface area contributed by atoms with Gasteiger partial charge < -0.3 is 10.1 Å². The number of anilines is 1. The average Bonchev–Trinajstić information content (AvgIpc) is 2.84. The Labute approximate surface area is 220 Å². The molecule has 0 aliphatic carbocycles. The van der Waals surface area contributed by atoms with Crippen LogP contribution < -0.4 is 10.1 Å². The molecule has 0 saturated carbocycles. The van der Waals surface area contributed by atoms with E-state index in [-0.39, 0.29) is 10.6 Å². The van der Waals surface area contributed by atoms with E-state index >= 15 is 0 Å². The summed E-state index contributed by atoms with van der Waals surface area (Å²) < 4.78 is 6.93. The molecule has 34 heavy (non-hydrogen) atoms. The first-order valence-corrected chi connectivity index (χ1v) is 12.1. The van der Waals surface area contributed by atoms with Crippen molar-refractivity contribution in [1.82, 2.24) is 0 Å². The van der Waals surface area contributed by atoms with Crippen molar-refractivity contribution >= 4 is 74.2 Å². The summed E-state index contributed by atoms with van der Waals surface area (Å²) in [7, 11) is 0. The first-order valence-electron chi connectivity index (χ1n) is 10.2. The second-order valence-corrected chi connectivity index (χ2v) is 9.29. The Kier molecular flexibility index (Phi) is 7.73. The molecule has 0 heterocycles. The van der Waals surface area contributed by atoms with E-state index in [1.54, 1.807) is 24.3 Å². The molecule has 0 saturated heterocycles. The molecule has 0 bridgehead atoms. The topological polar surface area (TPSA) is 62.1 Å². The standard InChI is InChI=1S/C27H17Cl2IN2O2/c28-22-9-4-10-24(26(22)29)32-27(33)20(15-31)13-17-11-12-25(23(30)14-17)34-16-19-7-3-6-18-5-1-2-8-21(18)19/h1-14H,16H2,(H,32,33)/b20-13-. The highest BCUT2D eigenvalue weighted by Crippen LogP contribution is 2.30. The zero-order chi connectivity index (χ0) is 24.1. The number of nitrogens with one attached hydrogen (secondary N) is 1. The molecule has 4 nitrogen and oxygen atoms in total. The summed E-state index contributed by atoms with van der Waals surface area (Å²) in [5.74, 6) is 0.150. The van der Waals surface area contributed by atoms with Crippen molar-refractivity contribution < 1.29 is 9.53 Å². The Bertz CT molecular complexity index is 1460. The molecule has 1 amide bonds. The lowest BCUT2D eigenvalue weighted by molar-refractivity contribution is -0.112. The van der Waals surface area contributed by atoms with Crippen molar-refractivity contribution in [1.29, 1.82) is 5.26 Å². The van der Waals surface area contributed by atoms with Gasteiger partial charge in [0.15, 0.2) is 0 Å². The predicted octanol–water partition coefficient (Wildman–Crippen LogP) is 7.88. The number of carbonyl (C=O) groups excluding carboxylic acids is 1. The normalized spacial score (nSPS) is 11.2. The molecule has 4 aromatic carbocycles. The van der Waals surface area contributed by atoms with Crippen molar-refractivity contribution in [2.24, 2.45) is 0 Å². The van der Waals surface area contributed by atoms with E-state index < -0.39 is 5.91 Å². The number of hydrogen-bond donors (Lipinski definition) is 1. The van der Waals surface area contributed by atoms with Crippen LogP contribution in [-0.4, -0.2) is 5.91 Å². The SMILES string of the molecule is N#C/C(=C/c1ccc(OCc2cccc3ccccc23)c(I)c1)C(=O)Nc1cccc(Cl)c1Cl. The minimum atomic E-state index is -0.571. The molecular formula is C27H17Cl2IN2O2. The van der Waals surface area contributed by atoms with E-state index in [0.29, 0.717) is 22.9 Å². The van der Waals surface area contributed by atoms with Crippen molar-refractivity contribution in [2.45, 2.75) is 6.61 Å². The zero-order valence-electron chi connectivity index (χ0n) is 17.7. The fraction of sp³-hybridized carbons (Fsp3) is 0.0370. The first-order chi connectivity index (χ1) is 16.5. The number of benzene rings is 4. The minimum absolute atomic E-state index is 0.0590. The van der Waals surface area contributed by atoms with Gasteiger partial charge in [0.25, 0.3) is 5.91 Å². The van der Waals surface area contributed by atoms with Crippen LogP contribution in [0.3, 0.4) is 0 Å². The number of ether oxygens (including phenoxy) is 1. The number of fused-ring (bicyclic) bond motifs is 1. The first kappa shape index (κ1) is 24.1.